The molecule has 0 fully saturated rings. The zero-order chi connectivity index (χ0) is 16.1. The molecule has 2 aromatic carbocycles. The highest BCUT2D eigenvalue weighted by Crippen LogP contribution is 2.20. The molecule has 0 bridgehead atoms. The number of carbonyl (C=O) groups excluding carboxylic acids is 2. The van der Waals surface area contributed by atoms with Crippen molar-refractivity contribution in [3.63, 3.8) is 0 Å². The Hall–Kier alpha value is -2.62. The van der Waals surface area contributed by atoms with E-state index in [2.05, 4.69) is 10.6 Å². The third-order valence-corrected chi connectivity index (χ3v) is 3.23. The molecule has 4 heteroatoms. The number of Topliss-reactive ketones (excluding diaryl/α,β-unsaturated/α-hetero) is 1. The Bertz CT molecular complexity index is 676. The van der Waals surface area contributed by atoms with E-state index >= 15 is 0 Å². The van der Waals surface area contributed by atoms with Crippen molar-refractivity contribution >= 4 is 28.8 Å². The standard InChI is InChI=1S/C18H20N2O2/c1-12(2)18(22)20-16-9-7-15(8-10-16)19-17-6-4-5-14(11-17)13(3)21/h4-12,19H,1-3H3,(H,20,22). The van der Waals surface area contributed by atoms with Gasteiger partial charge in [-0.3, -0.25) is 9.59 Å². The van der Waals surface area contributed by atoms with Gasteiger partial charge in [-0.2, -0.15) is 0 Å². The molecule has 0 aromatic heterocycles. The molecule has 0 saturated carbocycles. The van der Waals surface area contributed by atoms with Gasteiger partial charge in [0, 0.05) is 28.5 Å². The van der Waals surface area contributed by atoms with Gasteiger partial charge in [-0.05, 0) is 43.3 Å². The van der Waals surface area contributed by atoms with Crippen LogP contribution in [0.4, 0.5) is 17.1 Å². The van der Waals surface area contributed by atoms with Gasteiger partial charge in [0.1, 0.15) is 0 Å². The Morgan fingerprint density at radius 1 is 0.909 bits per heavy atom. The van der Waals surface area contributed by atoms with E-state index < -0.39 is 0 Å². The van der Waals surface area contributed by atoms with Crippen molar-refractivity contribution in [2.75, 3.05) is 10.6 Å². The second-order valence-electron chi connectivity index (χ2n) is 5.48. The lowest BCUT2D eigenvalue weighted by atomic mass is 10.1. The van der Waals surface area contributed by atoms with Gasteiger partial charge < -0.3 is 10.6 Å². The zero-order valence-electron chi connectivity index (χ0n) is 13.0. The number of hydrogen-bond acceptors (Lipinski definition) is 3. The maximum Gasteiger partial charge on any atom is 0.226 e. The third-order valence-electron chi connectivity index (χ3n) is 3.23. The maximum absolute atomic E-state index is 11.6. The predicted molar refractivity (Wildman–Crippen MR) is 89.6 cm³/mol. The first kappa shape index (κ1) is 15.8. The van der Waals surface area contributed by atoms with Gasteiger partial charge in [-0.1, -0.05) is 26.0 Å². The summed E-state index contributed by atoms with van der Waals surface area (Å²) in [7, 11) is 0. The number of hydrogen-bond donors (Lipinski definition) is 2. The molecule has 0 aliphatic heterocycles. The summed E-state index contributed by atoms with van der Waals surface area (Å²) in [4.78, 5) is 23.0. The van der Waals surface area contributed by atoms with Crippen LogP contribution in [0, 0.1) is 5.92 Å². The topological polar surface area (TPSA) is 58.2 Å². The minimum atomic E-state index is -0.0490. The SMILES string of the molecule is CC(=O)c1cccc(Nc2ccc(NC(=O)C(C)C)cc2)c1. The first-order valence-electron chi connectivity index (χ1n) is 7.24. The lowest BCUT2D eigenvalue weighted by molar-refractivity contribution is -0.118. The number of ketones is 1. The van der Waals surface area contributed by atoms with Gasteiger partial charge in [-0.15, -0.1) is 0 Å². The maximum atomic E-state index is 11.6. The lowest BCUT2D eigenvalue weighted by Crippen LogP contribution is -2.17. The fraction of sp³-hybridized carbons (Fsp3) is 0.222. The number of carbonyl (C=O) groups is 2. The van der Waals surface area contributed by atoms with E-state index in [0.717, 1.165) is 17.1 Å². The second kappa shape index (κ2) is 6.89. The normalized spacial score (nSPS) is 10.4. The van der Waals surface area contributed by atoms with Gasteiger partial charge in [0.15, 0.2) is 5.78 Å². The molecule has 0 atom stereocenters. The minimum Gasteiger partial charge on any atom is -0.356 e. The number of benzene rings is 2. The minimum absolute atomic E-state index is 0.00475. The summed E-state index contributed by atoms with van der Waals surface area (Å²) in [6.07, 6.45) is 0. The molecule has 22 heavy (non-hydrogen) atoms. The van der Waals surface area contributed by atoms with Gasteiger partial charge in [-0.25, -0.2) is 0 Å². The van der Waals surface area contributed by atoms with Gasteiger partial charge in [0.25, 0.3) is 0 Å². The quantitative estimate of drug-likeness (QED) is 0.812. The molecule has 2 N–H and O–H groups in total. The zero-order valence-corrected chi connectivity index (χ0v) is 13.0. The molecule has 114 valence electrons. The summed E-state index contributed by atoms with van der Waals surface area (Å²) in [6.45, 7) is 5.26. The van der Waals surface area contributed by atoms with Crippen LogP contribution in [0.25, 0.3) is 0 Å². The predicted octanol–water partition coefficient (Wildman–Crippen LogP) is 4.23. The fourth-order valence-electron chi connectivity index (χ4n) is 1.91. The molecule has 0 heterocycles. The van der Waals surface area contributed by atoms with Crippen molar-refractivity contribution in [1.29, 1.82) is 0 Å². The first-order valence-corrected chi connectivity index (χ1v) is 7.24. The Morgan fingerprint density at radius 3 is 2.14 bits per heavy atom. The molecule has 0 radical (unpaired) electrons. The van der Waals surface area contributed by atoms with Gasteiger partial charge in [0.2, 0.25) is 5.91 Å². The van der Waals surface area contributed by atoms with Crippen LogP contribution in [0.2, 0.25) is 0 Å². The van der Waals surface area contributed by atoms with E-state index in [1.54, 1.807) is 13.0 Å². The van der Waals surface area contributed by atoms with Crippen LogP contribution in [-0.4, -0.2) is 11.7 Å². The Kier molecular flexibility index (Phi) is 4.94. The molecule has 0 aliphatic rings. The molecule has 0 unspecified atom stereocenters. The number of anilines is 3. The molecule has 1 amide bonds. The number of nitrogens with one attached hydrogen (secondary N) is 2. The molecule has 0 aliphatic carbocycles. The van der Waals surface area contributed by atoms with Crippen LogP contribution in [-0.2, 0) is 4.79 Å². The van der Waals surface area contributed by atoms with E-state index in [0.29, 0.717) is 5.56 Å². The van der Waals surface area contributed by atoms with E-state index in [1.165, 1.54) is 0 Å². The van der Waals surface area contributed by atoms with E-state index in [4.69, 9.17) is 0 Å². The molecule has 2 aromatic rings. The molecule has 0 spiro atoms. The van der Waals surface area contributed by atoms with Crippen LogP contribution >= 0.6 is 0 Å². The summed E-state index contributed by atoms with van der Waals surface area (Å²) < 4.78 is 0. The summed E-state index contributed by atoms with van der Waals surface area (Å²) in [6, 6.07) is 14.8. The molecule has 4 nitrogen and oxygen atoms in total. The highest BCUT2D eigenvalue weighted by Gasteiger charge is 2.07. The van der Waals surface area contributed by atoms with Crippen LogP contribution < -0.4 is 10.6 Å². The van der Waals surface area contributed by atoms with Gasteiger partial charge >= 0.3 is 0 Å². The fourth-order valence-corrected chi connectivity index (χ4v) is 1.91. The number of amides is 1. The van der Waals surface area contributed by atoms with Crippen molar-refractivity contribution in [3.8, 4) is 0 Å². The van der Waals surface area contributed by atoms with Crippen LogP contribution in [0.3, 0.4) is 0 Å². The van der Waals surface area contributed by atoms with Crippen LogP contribution in [0.5, 0.6) is 0 Å². The van der Waals surface area contributed by atoms with Crippen LogP contribution in [0.15, 0.2) is 48.5 Å². The van der Waals surface area contributed by atoms with Crippen molar-refractivity contribution in [2.24, 2.45) is 5.92 Å². The highest BCUT2D eigenvalue weighted by atomic mass is 16.1. The lowest BCUT2D eigenvalue weighted by Gasteiger charge is -2.10. The third kappa shape index (κ3) is 4.19. The van der Waals surface area contributed by atoms with E-state index in [9.17, 15) is 9.59 Å². The molecular weight excluding hydrogens is 276 g/mol. The first-order chi connectivity index (χ1) is 10.5. The molecule has 2 rings (SSSR count). The Labute approximate surface area is 130 Å². The second-order valence-corrected chi connectivity index (χ2v) is 5.48. The van der Waals surface area contributed by atoms with Gasteiger partial charge in [0.05, 0.1) is 0 Å². The smallest absolute Gasteiger partial charge is 0.226 e. The largest absolute Gasteiger partial charge is 0.356 e. The highest BCUT2D eigenvalue weighted by molar-refractivity contribution is 5.95. The van der Waals surface area contributed by atoms with Crippen molar-refractivity contribution < 1.29 is 9.59 Å². The summed E-state index contributed by atoms with van der Waals surface area (Å²) >= 11 is 0. The monoisotopic (exact) mass is 296 g/mol. The molecule has 0 saturated heterocycles. The van der Waals surface area contributed by atoms with Crippen LogP contribution in [0.1, 0.15) is 31.1 Å². The van der Waals surface area contributed by atoms with E-state index in [-0.39, 0.29) is 17.6 Å². The Morgan fingerprint density at radius 2 is 1.55 bits per heavy atom. The van der Waals surface area contributed by atoms with Crippen molar-refractivity contribution in [3.05, 3.63) is 54.1 Å². The summed E-state index contributed by atoms with van der Waals surface area (Å²) in [5.41, 5.74) is 3.18. The van der Waals surface area contributed by atoms with Crippen molar-refractivity contribution in [2.45, 2.75) is 20.8 Å². The molecular formula is C18H20N2O2. The Balaban J connectivity index is 2.06. The average Bonchev–Trinajstić information content (AvgIpc) is 2.49. The summed E-state index contributed by atoms with van der Waals surface area (Å²) in [5.74, 6) is -0.0163. The summed E-state index contributed by atoms with van der Waals surface area (Å²) in [5, 5.41) is 6.08. The average molecular weight is 296 g/mol. The number of rotatable bonds is 5. The van der Waals surface area contributed by atoms with E-state index in [1.807, 2.05) is 56.3 Å². The van der Waals surface area contributed by atoms with Crippen molar-refractivity contribution in [1.82, 2.24) is 0 Å².